The average molecular weight is 353 g/mol. The molecule has 5 heteroatoms. The molecule has 23 heavy (non-hydrogen) atoms. The van der Waals surface area contributed by atoms with Crippen LogP contribution in [0.4, 0.5) is 4.39 Å². The van der Waals surface area contributed by atoms with E-state index in [0.29, 0.717) is 12.4 Å². The summed E-state index contributed by atoms with van der Waals surface area (Å²) in [5.41, 5.74) is 0.909. The Labute approximate surface area is 144 Å². The first-order valence-electron chi connectivity index (χ1n) is 7.55. The number of halogens is 3. The summed E-state index contributed by atoms with van der Waals surface area (Å²) in [6.45, 7) is 2.40. The summed E-state index contributed by atoms with van der Waals surface area (Å²) in [5, 5.41) is 0. The van der Waals surface area contributed by atoms with Gasteiger partial charge in [0.05, 0.1) is 5.92 Å². The molecule has 2 aromatic rings. The molecule has 0 spiro atoms. The summed E-state index contributed by atoms with van der Waals surface area (Å²) < 4.78 is 24.3. The van der Waals surface area contributed by atoms with Crippen LogP contribution in [0.1, 0.15) is 24.2 Å². The highest BCUT2D eigenvalue weighted by atomic mass is 35.5. The molecule has 2 aliphatic rings. The van der Waals surface area contributed by atoms with Crippen LogP contribution in [0.25, 0.3) is 0 Å². The highest BCUT2D eigenvalue weighted by Gasteiger charge is 2.83. The molecule has 4 rings (SSSR count). The van der Waals surface area contributed by atoms with Crippen LogP contribution in [0, 0.1) is 11.7 Å². The largest absolute Gasteiger partial charge is 0.485 e. The lowest BCUT2D eigenvalue weighted by molar-refractivity contribution is -0.0119. The van der Waals surface area contributed by atoms with Gasteiger partial charge in [-0.25, -0.2) is 4.39 Å². The first kappa shape index (κ1) is 15.3. The molecule has 1 aliphatic heterocycles. The standard InChI is InChI=1S/C18H15Cl2FO2/c1-2-22-17-13-5-3-4-6-14(13)23-15(16(17)18(17,19)20)11-7-9-12(21)10-8-11/h3-10,15-16H,2H2,1H3/t15-,16+,17+/m1/s1. The van der Waals surface area contributed by atoms with E-state index in [1.54, 1.807) is 12.1 Å². The number of hydrogen-bond donors (Lipinski definition) is 0. The van der Waals surface area contributed by atoms with Crippen LogP contribution in [0.2, 0.25) is 0 Å². The van der Waals surface area contributed by atoms with Crippen LogP contribution in [0.3, 0.4) is 0 Å². The van der Waals surface area contributed by atoms with E-state index in [0.717, 1.165) is 11.1 Å². The van der Waals surface area contributed by atoms with E-state index >= 15 is 0 Å². The SMILES string of the molecule is CCO[C@@]12c3ccccc3O[C@H](c3ccc(F)cc3)[C@@H]1C2(Cl)Cl. The maximum absolute atomic E-state index is 13.2. The Kier molecular flexibility index (Phi) is 3.38. The molecule has 0 unspecified atom stereocenters. The second kappa shape index (κ2) is 5.10. The van der Waals surface area contributed by atoms with E-state index in [2.05, 4.69) is 0 Å². The van der Waals surface area contributed by atoms with E-state index in [-0.39, 0.29) is 17.8 Å². The van der Waals surface area contributed by atoms with Crippen molar-refractivity contribution in [3.05, 3.63) is 65.5 Å². The van der Waals surface area contributed by atoms with Gasteiger partial charge >= 0.3 is 0 Å². The fourth-order valence-corrected chi connectivity index (χ4v) is 4.62. The van der Waals surface area contributed by atoms with E-state index in [4.69, 9.17) is 32.7 Å². The van der Waals surface area contributed by atoms with Crippen LogP contribution in [-0.2, 0) is 10.3 Å². The van der Waals surface area contributed by atoms with Crippen LogP contribution < -0.4 is 4.74 Å². The van der Waals surface area contributed by atoms with Gasteiger partial charge in [-0.05, 0) is 30.7 Å². The molecule has 120 valence electrons. The van der Waals surface area contributed by atoms with Gasteiger partial charge in [-0.15, -0.1) is 0 Å². The van der Waals surface area contributed by atoms with Crippen molar-refractivity contribution >= 4 is 23.2 Å². The Bertz CT molecular complexity index is 747. The average Bonchev–Trinajstić information content (AvgIpc) is 3.05. The molecule has 0 saturated heterocycles. The van der Waals surface area contributed by atoms with Crippen LogP contribution in [0.15, 0.2) is 48.5 Å². The minimum atomic E-state index is -1.09. The number of ether oxygens (including phenoxy) is 2. The van der Waals surface area contributed by atoms with E-state index in [9.17, 15) is 4.39 Å². The third kappa shape index (κ3) is 1.97. The zero-order valence-electron chi connectivity index (χ0n) is 12.4. The highest BCUT2D eigenvalue weighted by molar-refractivity contribution is 6.52. The van der Waals surface area contributed by atoms with E-state index in [1.807, 2.05) is 31.2 Å². The van der Waals surface area contributed by atoms with Gasteiger partial charge in [0.15, 0.2) is 4.33 Å². The zero-order valence-corrected chi connectivity index (χ0v) is 13.9. The molecule has 0 amide bonds. The second-order valence-electron chi connectivity index (χ2n) is 5.86. The Morgan fingerprint density at radius 2 is 1.83 bits per heavy atom. The molecule has 1 fully saturated rings. The van der Waals surface area contributed by atoms with Crippen LogP contribution in [-0.4, -0.2) is 10.9 Å². The number of para-hydroxylation sites is 1. The summed E-state index contributed by atoms with van der Waals surface area (Å²) in [6.07, 6.45) is -0.382. The predicted molar refractivity (Wildman–Crippen MR) is 87.4 cm³/mol. The monoisotopic (exact) mass is 352 g/mol. The van der Waals surface area contributed by atoms with Gasteiger partial charge in [0.1, 0.15) is 23.3 Å². The predicted octanol–water partition coefficient (Wildman–Crippen LogP) is 4.99. The van der Waals surface area contributed by atoms with E-state index < -0.39 is 9.93 Å². The van der Waals surface area contributed by atoms with Gasteiger partial charge in [-0.1, -0.05) is 53.5 Å². The highest BCUT2D eigenvalue weighted by Crippen LogP contribution is 2.77. The number of hydrogen-bond acceptors (Lipinski definition) is 2. The number of benzene rings is 2. The molecular weight excluding hydrogens is 338 g/mol. The lowest BCUT2D eigenvalue weighted by Crippen LogP contribution is -2.27. The maximum atomic E-state index is 13.2. The summed E-state index contributed by atoms with van der Waals surface area (Å²) in [7, 11) is 0. The number of fused-ring (bicyclic) bond motifs is 3. The van der Waals surface area contributed by atoms with E-state index in [1.165, 1.54) is 12.1 Å². The molecule has 2 nitrogen and oxygen atoms in total. The van der Waals surface area contributed by atoms with Crippen molar-refractivity contribution in [2.24, 2.45) is 5.92 Å². The van der Waals surface area contributed by atoms with Gasteiger partial charge in [0, 0.05) is 12.2 Å². The number of rotatable bonds is 3. The Hall–Kier alpha value is -1.29. The fraction of sp³-hybridized carbons (Fsp3) is 0.333. The molecule has 0 radical (unpaired) electrons. The normalized spacial score (nSPS) is 30.1. The molecule has 0 N–H and O–H groups in total. The molecule has 1 aliphatic carbocycles. The Balaban J connectivity index is 1.85. The summed E-state index contributed by atoms with van der Waals surface area (Å²) in [5.74, 6) is 0.160. The molecule has 1 heterocycles. The first-order chi connectivity index (χ1) is 11.0. The minimum Gasteiger partial charge on any atom is -0.485 e. The van der Waals surface area contributed by atoms with Crippen molar-refractivity contribution in [1.29, 1.82) is 0 Å². The lowest BCUT2D eigenvalue weighted by Gasteiger charge is -2.31. The zero-order chi connectivity index (χ0) is 16.2. The van der Waals surface area contributed by atoms with Gasteiger partial charge < -0.3 is 9.47 Å². The Morgan fingerprint density at radius 3 is 2.52 bits per heavy atom. The summed E-state index contributed by atoms with van der Waals surface area (Å²) in [4.78, 5) is 0. The lowest BCUT2D eigenvalue weighted by atomic mass is 9.95. The first-order valence-corrected chi connectivity index (χ1v) is 8.31. The van der Waals surface area contributed by atoms with Crippen LogP contribution >= 0.6 is 23.2 Å². The van der Waals surface area contributed by atoms with Crippen molar-refractivity contribution in [2.45, 2.75) is 23.0 Å². The molecular formula is C18H15Cl2FO2. The van der Waals surface area contributed by atoms with Gasteiger partial charge in [0.25, 0.3) is 0 Å². The van der Waals surface area contributed by atoms with Crippen molar-refractivity contribution < 1.29 is 13.9 Å². The van der Waals surface area contributed by atoms with Crippen molar-refractivity contribution in [3.8, 4) is 5.75 Å². The fourth-order valence-electron chi connectivity index (χ4n) is 3.64. The third-order valence-electron chi connectivity index (χ3n) is 4.65. The van der Waals surface area contributed by atoms with Crippen molar-refractivity contribution in [2.75, 3.05) is 6.61 Å². The van der Waals surface area contributed by atoms with Gasteiger partial charge in [-0.3, -0.25) is 0 Å². The van der Waals surface area contributed by atoms with Crippen LogP contribution in [0.5, 0.6) is 5.75 Å². The molecule has 1 saturated carbocycles. The number of alkyl halides is 2. The Morgan fingerprint density at radius 1 is 1.13 bits per heavy atom. The minimum absolute atomic E-state index is 0.251. The van der Waals surface area contributed by atoms with Crippen molar-refractivity contribution in [3.63, 3.8) is 0 Å². The quantitative estimate of drug-likeness (QED) is 0.724. The molecule has 3 atom stereocenters. The van der Waals surface area contributed by atoms with Gasteiger partial charge in [-0.2, -0.15) is 0 Å². The topological polar surface area (TPSA) is 18.5 Å². The molecule has 0 bridgehead atoms. The summed E-state index contributed by atoms with van der Waals surface area (Å²) >= 11 is 13.3. The second-order valence-corrected chi connectivity index (χ2v) is 7.24. The van der Waals surface area contributed by atoms with Crippen molar-refractivity contribution in [1.82, 2.24) is 0 Å². The maximum Gasteiger partial charge on any atom is 0.161 e. The van der Waals surface area contributed by atoms with Gasteiger partial charge in [0.2, 0.25) is 0 Å². The smallest absolute Gasteiger partial charge is 0.161 e. The third-order valence-corrected chi connectivity index (χ3v) is 5.69. The molecule has 2 aromatic carbocycles. The summed E-state index contributed by atoms with van der Waals surface area (Å²) in [6, 6.07) is 13.9. The molecule has 0 aromatic heterocycles.